The van der Waals surface area contributed by atoms with E-state index in [1.807, 2.05) is 31.2 Å². The van der Waals surface area contributed by atoms with Crippen molar-refractivity contribution in [2.45, 2.75) is 49.9 Å². The van der Waals surface area contributed by atoms with Crippen molar-refractivity contribution in [1.82, 2.24) is 14.7 Å². The van der Waals surface area contributed by atoms with Gasteiger partial charge < -0.3 is 29.1 Å². The molecule has 37 heavy (non-hydrogen) atoms. The quantitative estimate of drug-likeness (QED) is 0.397. The second-order valence-electron chi connectivity index (χ2n) is 10.6. The number of aliphatic hydroxyl groups is 1. The summed E-state index contributed by atoms with van der Waals surface area (Å²) in [5, 5.41) is 9.82. The first-order chi connectivity index (χ1) is 18.0. The number of rotatable bonds is 6. The average molecular weight is 518 g/mol. The molecule has 10 heteroatoms. The molecule has 1 N–H and O–H groups in total. The van der Waals surface area contributed by atoms with Crippen LogP contribution in [0.3, 0.4) is 0 Å². The third-order valence-corrected chi connectivity index (χ3v) is 8.60. The predicted molar refractivity (Wildman–Crippen MR) is 133 cm³/mol. The maximum absolute atomic E-state index is 14.1. The van der Waals surface area contributed by atoms with Crippen LogP contribution in [-0.4, -0.2) is 121 Å². The fraction of sp³-hybridized carbons (Fsp3) is 0.741. The number of fused-ring (bicyclic) bond motifs is 2. The highest BCUT2D eigenvalue weighted by atomic mass is 16.6. The minimum absolute atomic E-state index is 0.00126. The Labute approximate surface area is 218 Å². The summed E-state index contributed by atoms with van der Waals surface area (Å²) >= 11 is 0. The number of morpholine rings is 1. The van der Waals surface area contributed by atoms with Crippen molar-refractivity contribution in [3.05, 3.63) is 24.3 Å². The van der Waals surface area contributed by atoms with Crippen molar-refractivity contribution in [2.75, 3.05) is 65.7 Å². The summed E-state index contributed by atoms with van der Waals surface area (Å²) in [6.45, 7) is 6.55. The Balaban J connectivity index is 1.52. The van der Waals surface area contributed by atoms with Crippen LogP contribution >= 0.6 is 0 Å². The van der Waals surface area contributed by atoms with Gasteiger partial charge in [0.25, 0.3) is 0 Å². The van der Waals surface area contributed by atoms with E-state index in [2.05, 4.69) is 4.90 Å². The van der Waals surface area contributed by atoms with Crippen LogP contribution in [0, 0.1) is 11.8 Å². The monoisotopic (exact) mass is 517 g/mol. The summed E-state index contributed by atoms with van der Waals surface area (Å²) in [6.07, 6.45) is 10.6. The van der Waals surface area contributed by atoms with Gasteiger partial charge in [-0.05, 0) is 25.7 Å². The zero-order valence-electron chi connectivity index (χ0n) is 21.7. The topological polar surface area (TPSA) is 109 Å². The number of carbonyl (C=O) groups excluding carboxylic acids is 3. The minimum Gasteiger partial charge on any atom is -0.465 e. The van der Waals surface area contributed by atoms with Crippen molar-refractivity contribution < 1.29 is 33.7 Å². The van der Waals surface area contributed by atoms with E-state index in [9.17, 15) is 19.5 Å². The minimum atomic E-state index is -1.31. The van der Waals surface area contributed by atoms with Crippen molar-refractivity contribution in [2.24, 2.45) is 11.8 Å². The van der Waals surface area contributed by atoms with Crippen LogP contribution in [-0.2, 0) is 28.6 Å². The number of β-amino-alcohol motifs (C(OH)–C–C–N with tert-alkyl or cyclic N) is 1. The highest BCUT2D eigenvalue weighted by Crippen LogP contribution is 2.58. The van der Waals surface area contributed by atoms with E-state index in [1.54, 1.807) is 4.90 Å². The van der Waals surface area contributed by atoms with E-state index in [1.165, 1.54) is 4.90 Å². The zero-order chi connectivity index (χ0) is 26.0. The molecular weight excluding hydrogens is 478 g/mol. The van der Waals surface area contributed by atoms with E-state index >= 15 is 0 Å². The van der Waals surface area contributed by atoms with E-state index in [4.69, 9.17) is 14.2 Å². The van der Waals surface area contributed by atoms with Gasteiger partial charge in [0.2, 0.25) is 11.8 Å². The van der Waals surface area contributed by atoms with Crippen LogP contribution in [0.1, 0.15) is 32.6 Å². The normalized spacial score (nSPS) is 37.6. The molecule has 10 nitrogen and oxygen atoms in total. The third kappa shape index (κ3) is 4.51. The third-order valence-electron chi connectivity index (χ3n) is 8.60. The Kier molecular flexibility index (Phi) is 7.72. The fourth-order valence-electron chi connectivity index (χ4n) is 6.72. The molecule has 5 aliphatic heterocycles. The lowest BCUT2D eigenvalue weighted by atomic mass is 9.73. The predicted octanol–water partition coefficient (Wildman–Crippen LogP) is 0.354. The largest absolute Gasteiger partial charge is 0.465 e. The molecule has 0 radical (unpaired) electrons. The van der Waals surface area contributed by atoms with E-state index in [0.29, 0.717) is 45.9 Å². The van der Waals surface area contributed by atoms with Crippen LogP contribution in [0.4, 0.5) is 0 Å². The van der Waals surface area contributed by atoms with Crippen molar-refractivity contribution in [3.63, 3.8) is 0 Å². The molecule has 3 saturated heterocycles. The molecule has 5 rings (SSSR count). The van der Waals surface area contributed by atoms with Crippen LogP contribution in [0.25, 0.3) is 0 Å². The summed E-state index contributed by atoms with van der Waals surface area (Å²) < 4.78 is 18.0. The molecule has 0 aromatic carbocycles. The summed E-state index contributed by atoms with van der Waals surface area (Å²) in [5.74, 6) is -2.78. The first-order valence-electron chi connectivity index (χ1n) is 13.7. The maximum Gasteiger partial charge on any atom is 0.313 e. The highest BCUT2D eigenvalue weighted by Gasteiger charge is 2.75. The molecule has 204 valence electrons. The van der Waals surface area contributed by atoms with Crippen molar-refractivity contribution in [1.29, 1.82) is 0 Å². The van der Waals surface area contributed by atoms with Gasteiger partial charge in [-0.2, -0.15) is 0 Å². The second kappa shape index (κ2) is 10.8. The van der Waals surface area contributed by atoms with E-state index < -0.39 is 35.0 Å². The number of amides is 2. The molecule has 5 aliphatic rings. The molecule has 5 heterocycles. The van der Waals surface area contributed by atoms with Crippen LogP contribution in [0.15, 0.2) is 24.3 Å². The van der Waals surface area contributed by atoms with E-state index in [-0.39, 0.29) is 25.0 Å². The molecular formula is C27H39N3O7. The van der Waals surface area contributed by atoms with Gasteiger partial charge in [-0.15, -0.1) is 0 Å². The lowest BCUT2D eigenvalue weighted by Gasteiger charge is -2.38. The molecule has 0 aromatic rings. The van der Waals surface area contributed by atoms with Gasteiger partial charge in [0.05, 0.1) is 32.3 Å². The number of carbonyl (C=O) groups is 3. The molecule has 1 spiro atoms. The van der Waals surface area contributed by atoms with E-state index in [0.717, 1.165) is 32.4 Å². The summed E-state index contributed by atoms with van der Waals surface area (Å²) in [5.41, 5.74) is -2.36. The number of allylic oxidation sites excluding steroid dienone is 1. The second-order valence-corrected chi connectivity index (χ2v) is 10.6. The Hall–Kier alpha value is -2.27. The molecule has 0 bridgehead atoms. The molecule has 3 fully saturated rings. The number of hydrogen-bond acceptors (Lipinski definition) is 8. The molecule has 0 aromatic heterocycles. The van der Waals surface area contributed by atoms with Crippen molar-refractivity contribution in [3.8, 4) is 0 Å². The first kappa shape index (κ1) is 26.3. The SMILES string of the molecule is CC[C@@]12/C=C\CCCCOC(=O)[C@@H]1[C@H]1C(=O)N(CCO)C3C(=O)N(CCN4CCOCC4)CC=C[C@@]31O2. The molecule has 0 saturated carbocycles. The zero-order valence-corrected chi connectivity index (χ0v) is 21.7. The van der Waals surface area contributed by atoms with Crippen LogP contribution in [0.2, 0.25) is 0 Å². The maximum atomic E-state index is 14.1. The number of cyclic esters (lactones) is 1. The standard InChI is InChI=1S/C27H39N3O7/c1-2-26-8-5-3-4-6-17-36-25(34)21(26)20-23(32)30(13-16-31)22-24(33)29(10-7-9-27(20,22)37-26)12-11-28-14-18-35-19-15-28/h5,7-9,20-22,31H,2-4,6,10-19H2,1H3/b8-5-/t20-,21-,22?,26+,27-/m0/s1. The van der Waals surface area contributed by atoms with Gasteiger partial charge in [0.15, 0.2) is 0 Å². The van der Waals surface area contributed by atoms with Gasteiger partial charge in [0.1, 0.15) is 23.2 Å². The number of hydrogen-bond donors (Lipinski definition) is 1. The molecule has 2 amide bonds. The Morgan fingerprint density at radius 2 is 1.78 bits per heavy atom. The number of esters is 1. The van der Waals surface area contributed by atoms with Crippen molar-refractivity contribution >= 4 is 17.8 Å². The molecule has 1 unspecified atom stereocenters. The van der Waals surface area contributed by atoms with Crippen LogP contribution in [0.5, 0.6) is 0 Å². The molecule has 0 aliphatic carbocycles. The molecule has 5 atom stereocenters. The lowest BCUT2D eigenvalue weighted by Crippen LogP contribution is -2.57. The average Bonchev–Trinajstić information content (AvgIpc) is 3.26. The number of ether oxygens (including phenoxy) is 3. The summed E-state index contributed by atoms with van der Waals surface area (Å²) in [7, 11) is 0. The Morgan fingerprint density at radius 3 is 2.54 bits per heavy atom. The first-order valence-corrected chi connectivity index (χ1v) is 13.7. The van der Waals surface area contributed by atoms with Crippen LogP contribution < -0.4 is 0 Å². The summed E-state index contributed by atoms with van der Waals surface area (Å²) in [4.78, 5) is 47.1. The highest BCUT2D eigenvalue weighted by molar-refractivity contribution is 5.99. The fourth-order valence-corrected chi connectivity index (χ4v) is 6.72. The van der Waals surface area contributed by atoms with Gasteiger partial charge in [0, 0.05) is 39.3 Å². The smallest absolute Gasteiger partial charge is 0.313 e. The Bertz CT molecular complexity index is 948. The Morgan fingerprint density at radius 1 is 0.973 bits per heavy atom. The van der Waals surface area contributed by atoms with Gasteiger partial charge >= 0.3 is 5.97 Å². The van der Waals surface area contributed by atoms with Gasteiger partial charge in [-0.3, -0.25) is 19.3 Å². The number of likely N-dealkylation sites (tertiary alicyclic amines) is 1. The van der Waals surface area contributed by atoms with Gasteiger partial charge in [-0.25, -0.2) is 0 Å². The number of aliphatic hydroxyl groups excluding tert-OH is 1. The lowest BCUT2D eigenvalue weighted by molar-refractivity contribution is -0.161. The summed E-state index contributed by atoms with van der Waals surface area (Å²) in [6, 6.07) is -0.956. The number of nitrogens with zero attached hydrogens (tertiary/aromatic N) is 3. The van der Waals surface area contributed by atoms with Gasteiger partial charge in [-0.1, -0.05) is 31.2 Å².